The summed E-state index contributed by atoms with van der Waals surface area (Å²) in [6.45, 7) is 0. The van der Waals surface area contributed by atoms with Crippen molar-refractivity contribution in [1.29, 1.82) is 0 Å². The van der Waals surface area contributed by atoms with Gasteiger partial charge in [0.05, 0.1) is 19.8 Å². The van der Waals surface area contributed by atoms with Gasteiger partial charge >= 0.3 is 5.97 Å². The van der Waals surface area contributed by atoms with Gasteiger partial charge in [0.15, 0.2) is 0 Å². The molecular weight excluding hydrogens is 322 g/mol. The molecule has 1 unspecified atom stereocenters. The van der Waals surface area contributed by atoms with E-state index in [1.807, 2.05) is 6.07 Å². The number of hydrogen-bond donors (Lipinski definition) is 0. The molecule has 1 amide bonds. The highest BCUT2D eigenvalue weighted by Crippen LogP contribution is 2.26. The Morgan fingerprint density at radius 2 is 1.48 bits per heavy atom. The molecule has 0 saturated carbocycles. The zero-order chi connectivity index (χ0) is 18.4. The minimum Gasteiger partial charge on any atom is -0.497 e. The summed E-state index contributed by atoms with van der Waals surface area (Å²) in [7, 11) is 6.21. The molecule has 0 bridgehead atoms. The van der Waals surface area contributed by atoms with E-state index in [-0.39, 0.29) is 11.5 Å². The van der Waals surface area contributed by atoms with Gasteiger partial charge in [-0.05, 0) is 12.1 Å². The maximum absolute atomic E-state index is 12.6. The number of benzene rings is 2. The van der Waals surface area contributed by atoms with Crippen LogP contribution in [0.15, 0.2) is 48.5 Å². The average Bonchev–Trinajstić information content (AvgIpc) is 2.65. The maximum atomic E-state index is 12.6. The Bertz CT molecular complexity index is 720. The standard InChI is InChI=1S/C19H21NO5/c1-20(2)18(21)17(13-8-6-5-7-9-13)25-19(22)14-10-15(23-3)12-16(11-14)24-4/h5-12,17H,1-4H3. The van der Waals surface area contributed by atoms with Crippen LogP contribution in [0.2, 0.25) is 0 Å². The molecule has 2 rings (SSSR count). The molecule has 0 aliphatic rings. The van der Waals surface area contributed by atoms with Gasteiger partial charge in [0.25, 0.3) is 5.91 Å². The minimum absolute atomic E-state index is 0.240. The van der Waals surface area contributed by atoms with Crippen LogP contribution in [0, 0.1) is 0 Å². The Balaban J connectivity index is 2.32. The summed E-state index contributed by atoms with van der Waals surface area (Å²) in [4.78, 5) is 26.4. The highest BCUT2D eigenvalue weighted by Gasteiger charge is 2.27. The molecule has 0 saturated heterocycles. The molecule has 2 aromatic rings. The Morgan fingerprint density at radius 3 is 1.96 bits per heavy atom. The summed E-state index contributed by atoms with van der Waals surface area (Å²) in [5.41, 5.74) is 0.841. The first-order chi connectivity index (χ1) is 12.0. The van der Waals surface area contributed by atoms with Crippen LogP contribution in [0.3, 0.4) is 0 Å². The van der Waals surface area contributed by atoms with E-state index in [1.54, 1.807) is 44.4 Å². The molecule has 0 N–H and O–H groups in total. The molecule has 6 nitrogen and oxygen atoms in total. The summed E-state index contributed by atoms with van der Waals surface area (Å²) in [6.07, 6.45) is -1.03. The minimum atomic E-state index is -1.03. The number of methoxy groups -OCH3 is 2. The van der Waals surface area contributed by atoms with Crippen molar-refractivity contribution in [3.63, 3.8) is 0 Å². The number of nitrogens with zero attached hydrogens (tertiary/aromatic N) is 1. The summed E-state index contributed by atoms with van der Waals surface area (Å²) >= 11 is 0. The highest BCUT2D eigenvalue weighted by molar-refractivity contribution is 5.93. The number of rotatable bonds is 6. The number of carbonyl (C=O) groups is 2. The summed E-state index contributed by atoms with van der Waals surface area (Å²) in [5, 5.41) is 0. The van der Waals surface area contributed by atoms with Gasteiger partial charge in [-0.15, -0.1) is 0 Å². The van der Waals surface area contributed by atoms with E-state index in [0.29, 0.717) is 17.1 Å². The fourth-order valence-corrected chi connectivity index (χ4v) is 2.22. The Labute approximate surface area is 146 Å². The fraction of sp³-hybridized carbons (Fsp3) is 0.263. The smallest absolute Gasteiger partial charge is 0.339 e. The Hall–Kier alpha value is -3.02. The van der Waals surface area contributed by atoms with Crippen molar-refractivity contribution < 1.29 is 23.8 Å². The number of likely N-dealkylation sites (N-methyl/N-ethyl adjacent to an activating group) is 1. The van der Waals surface area contributed by atoms with E-state index in [9.17, 15) is 9.59 Å². The quantitative estimate of drug-likeness (QED) is 0.755. The second-order valence-corrected chi connectivity index (χ2v) is 5.53. The van der Waals surface area contributed by atoms with Gasteiger partial charge in [0, 0.05) is 25.7 Å². The topological polar surface area (TPSA) is 65.1 Å². The molecule has 132 valence electrons. The molecule has 2 aromatic carbocycles. The third-order valence-electron chi connectivity index (χ3n) is 3.58. The van der Waals surface area contributed by atoms with Crippen molar-refractivity contribution in [2.24, 2.45) is 0 Å². The van der Waals surface area contributed by atoms with Crippen molar-refractivity contribution in [2.45, 2.75) is 6.10 Å². The predicted octanol–water partition coefficient (Wildman–Crippen LogP) is 2.69. The van der Waals surface area contributed by atoms with E-state index in [0.717, 1.165) is 0 Å². The van der Waals surface area contributed by atoms with Crippen LogP contribution in [-0.4, -0.2) is 45.1 Å². The third-order valence-corrected chi connectivity index (χ3v) is 3.58. The van der Waals surface area contributed by atoms with Crippen molar-refractivity contribution in [3.05, 3.63) is 59.7 Å². The normalized spacial score (nSPS) is 11.4. The van der Waals surface area contributed by atoms with Crippen LogP contribution in [0.5, 0.6) is 11.5 Å². The first-order valence-corrected chi connectivity index (χ1v) is 7.66. The molecule has 1 atom stereocenters. The van der Waals surface area contributed by atoms with Gasteiger partial charge in [-0.1, -0.05) is 30.3 Å². The van der Waals surface area contributed by atoms with Crippen molar-refractivity contribution in [1.82, 2.24) is 4.90 Å². The van der Waals surface area contributed by atoms with Gasteiger partial charge in [0.2, 0.25) is 6.10 Å². The van der Waals surface area contributed by atoms with E-state index in [2.05, 4.69) is 0 Å². The third kappa shape index (κ3) is 4.50. The predicted molar refractivity (Wildman–Crippen MR) is 92.8 cm³/mol. The highest BCUT2D eigenvalue weighted by atomic mass is 16.5. The average molecular weight is 343 g/mol. The molecule has 0 fully saturated rings. The molecule has 0 aromatic heterocycles. The first-order valence-electron chi connectivity index (χ1n) is 7.66. The molecule has 25 heavy (non-hydrogen) atoms. The largest absolute Gasteiger partial charge is 0.497 e. The van der Waals surface area contributed by atoms with E-state index >= 15 is 0 Å². The van der Waals surface area contributed by atoms with E-state index in [1.165, 1.54) is 31.3 Å². The van der Waals surface area contributed by atoms with Gasteiger partial charge in [-0.3, -0.25) is 4.79 Å². The second-order valence-electron chi connectivity index (χ2n) is 5.53. The van der Waals surface area contributed by atoms with Gasteiger partial charge in [-0.2, -0.15) is 0 Å². The number of ether oxygens (including phenoxy) is 3. The Kier molecular flexibility index (Phi) is 6.00. The monoisotopic (exact) mass is 343 g/mol. The second kappa shape index (κ2) is 8.19. The molecule has 0 heterocycles. The zero-order valence-electron chi connectivity index (χ0n) is 14.7. The summed E-state index contributed by atoms with van der Waals surface area (Å²) in [5.74, 6) is -0.0429. The number of hydrogen-bond acceptors (Lipinski definition) is 5. The molecule has 0 aliphatic carbocycles. The lowest BCUT2D eigenvalue weighted by Crippen LogP contribution is -2.31. The lowest BCUT2D eigenvalue weighted by Gasteiger charge is -2.21. The van der Waals surface area contributed by atoms with Gasteiger partial charge in [0.1, 0.15) is 11.5 Å². The van der Waals surface area contributed by atoms with E-state index < -0.39 is 12.1 Å². The lowest BCUT2D eigenvalue weighted by molar-refractivity contribution is -0.138. The number of amides is 1. The maximum Gasteiger partial charge on any atom is 0.339 e. The number of carbonyl (C=O) groups excluding carboxylic acids is 2. The van der Waals surface area contributed by atoms with Crippen molar-refractivity contribution in [2.75, 3.05) is 28.3 Å². The first kappa shape index (κ1) is 18.3. The molecular formula is C19H21NO5. The zero-order valence-corrected chi connectivity index (χ0v) is 14.7. The molecule has 0 aliphatic heterocycles. The van der Waals surface area contributed by atoms with Crippen LogP contribution in [0.4, 0.5) is 0 Å². The summed E-state index contributed by atoms with van der Waals surface area (Å²) < 4.78 is 15.8. The fourth-order valence-electron chi connectivity index (χ4n) is 2.22. The van der Waals surface area contributed by atoms with Gasteiger partial charge < -0.3 is 19.1 Å². The number of esters is 1. The van der Waals surface area contributed by atoms with Gasteiger partial charge in [-0.25, -0.2) is 4.79 Å². The van der Waals surface area contributed by atoms with Crippen LogP contribution >= 0.6 is 0 Å². The molecule has 6 heteroatoms. The van der Waals surface area contributed by atoms with Crippen LogP contribution in [-0.2, 0) is 9.53 Å². The Morgan fingerprint density at radius 1 is 0.920 bits per heavy atom. The van der Waals surface area contributed by atoms with Crippen LogP contribution in [0.1, 0.15) is 22.0 Å². The van der Waals surface area contributed by atoms with E-state index in [4.69, 9.17) is 14.2 Å². The summed E-state index contributed by atoms with van der Waals surface area (Å²) in [6, 6.07) is 13.6. The molecule has 0 radical (unpaired) electrons. The molecule has 0 spiro atoms. The SMILES string of the molecule is COc1cc(OC)cc(C(=O)OC(C(=O)N(C)C)c2ccccc2)c1. The van der Waals surface area contributed by atoms with Crippen molar-refractivity contribution in [3.8, 4) is 11.5 Å². The lowest BCUT2D eigenvalue weighted by atomic mass is 10.1. The van der Waals surface area contributed by atoms with Crippen LogP contribution < -0.4 is 9.47 Å². The van der Waals surface area contributed by atoms with Crippen LogP contribution in [0.25, 0.3) is 0 Å². The van der Waals surface area contributed by atoms with Crippen molar-refractivity contribution >= 4 is 11.9 Å².